The van der Waals surface area contributed by atoms with Gasteiger partial charge in [-0.15, -0.1) is 0 Å². The van der Waals surface area contributed by atoms with E-state index < -0.39 is 10.0 Å². The van der Waals surface area contributed by atoms with Gasteiger partial charge in [-0.2, -0.15) is 4.31 Å². The molecular formula is C21H22Cl2N4O3S. The van der Waals surface area contributed by atoms with Crippen molar-refractivity contribution in [2.45, 2.75) is 37.5 Å². The average Bonchev–Trinajstić information content (AvgIpc) is 3.04. The lowest BCUT2D eigenvalue weighted by Crippen LogP contribution is -2.35. The van der Waals surface area contributed by atoms with E-state index in [1.807, 2.05) is 0 Å². The van der Waals surface area contributed by atoms with Gasteiger partial charge in [0.05, 0.1) is 0 Å². The Morgan fingerprint density at radius 1 is 1.10 bits per heavy atom. The van der Waals surface area contributed by atoms with E-state index in [2.05, 4.69) is 10.1 Å². The van der Waals surface area contributed by atoms with E-state index in [0.29, 0.717) is 46.6 Å². The Bertz CT molecular complexity index is 1260. The van der Waals surface area contributed by atoms with Crippen molar-refractivity contribution in [3.63, 3.8) is 0 Å². The molecule has 10 heteroatoms. The second-order valence-corrected chi connectivity index (χ2v) is 10.4. The van der Waals surface area contributed by atoms with Crippen molar-refractivity contribution in [2.24, 2.45) is 0 Å². The zero-order chi connectivity index (χ0) is 22.2. The maximum atomic E-state index is 13.0. The first-order chi connectivity index (χ1) is 14.8. The highest BCUT2D eigenvalue weighted by atomic mass is 35.5. The van der Waals surface area contributed by atoms with Gasteiger partial charge in [0.25, 0.3) is 5.56 Å². The van der Waals surface area contributed by atoms with E-state index in [0.717, 1.165) is 24.8 Å². The SMILES string of the molecule is Cc1[nH]n(-c2ccc(S(=O)(=O)N3CCCCC3)cn2)c(=O)c1Cc1ccc(Cl)cc1Cl. The Hall–Kier alpha value is -2.13. The lowest BCUT2D eigenvalue weighted by Gasteiger charge is -2.25. The summed E-state index contributed by atoms with van der Waals surface area (Å²) in [6.07, 6.45) is 4.41. The van der Waals surface area contributed by atoms with Gasteiger partial charge in [0.15, 0.2) is 5.82 Å². The van der Waals surface area contributed by atoms with Crippen LogP contribution in [0.2, 0.25) is 10.0 Å². The maximum absolute atomic E-state index is 13.0. The molecule has 2 aromatic heterocycles. The maximum Gasteiger partial charge on any atom is 0.276 e. The molecule has 1 N–H and O–H groups in total. The summed E-state index contributed by atoms with van der Waals surface area (Å²) in [5, 5.41) is 4.03. The van der Waals surface area contributed by atoms with E-state index in [1.165, 1.54) is 27.3 Å². The van der Waals surface area contributed by atoms with E-state index in [4.69, 9.17) is 23.2 Å². The number of aryl methyl sites for hydroxylation is 1. The predicted octanol–water partition coefficient (Wildman–Crippen LogP) is 3.94. The number of rotatable bonds is 5. The standard InChI is InChI=1S/C21H22Cl2N4O3S/c1-14-18(11-15-5-6-16(22)12-19(15)23)21(28)27(25-14)20-8-7-17(13-24-20)31(29,30)26-9-3-2-4-10-26/h5-8,12-13,25H,2-4,9-11H2,1H3. The van der Waals surface area contributed by atoms with E-state index in [1.54, 1.807) is 25.1 Å². The average molecular weight is 481 g/mol. The molecule has 1 aromatic carbocycles. The number of aromatic amines is 1. The highest BCUT2D eigenvalue weighted by Gasteiger charge is 2.26. The van der Waals surface area contributed by atoms with Crippen molar-refractivity contribution in [3.8, 4) is 5.82 Å². The van der Waals surface area contributed by atoms with Crippen LogP contribution in [0.3, 0.4) is 0 Å². The minimum Gasteiger partial charge on any atom is -0.294 e. The predicted molar refractivity (Wildman–Crippen MR) is 121 cm³/mol. The number of piperidine rings is 1. The zero-order valence-corrected chi connectivity index (χ0v) is 19.3. The molecule has 7 nitrogen and oxygen atoms in total. The fourth-order valence-corrected chi connectivity index (χ4v) is 5.66. The summed E-state index contributed by atoms with van der Waals surface area (Å²) in [7, 11) is -3.58. The summed E-state index contributed by atoms with van der Waals surface area (Å²) >= 11 is 12.2. The molecule has 1 aliphatic rings. The number of sulfonamides is 1. The molecule has 31 heavy (non-hydrogen) atoms. The van der Waals surface area contributed by atoms with Crippen molar-refractivity contribution in [1.29, 1.82) is 0 Å². The molecule has 3 aromatic rings. The van der Waals surface area contributed by atoms with E-state index in [-0.39, 0.29) is 10.5 Å². The number of pyridine rings is 1. The van der Waals surface area contributed by atoms with Gasteiger partial charge in [-0.05, 0) is 49.6 Å². The van der Waals surface area contributed by atoms with E-state index >= 15 is 0 Å². The van der Waals surface area contributed by atoms with Crippen LogP contribution in [-0.2, 0) is 16.4 Å². The van der Waals surface area contributed by atoms with Crippen LogP contribution < -0.4 is 5.56 Å². The Kier molecular flexibility index (Phi) is 6.25. The number of aromatic nitrogens is 3. The molecule has 0 radical (unpaired) electrons. The van der Waals surface area contributed by atoms with Gasteiger partial charge >= 0.3 is 0 Å². The number of hydrogen-bond acceptors (Lipinski definition) is 4. The molecule has 0 spiro atoms. The highest BCUT2D eigenvalue weighted by Crippen LogP contribution is 2.24. The summed E-state index contributed by atoms with van der Waals surface area (Å²) in [5.74, 6) is 0.319. The van der Waals surface area contributed by atoms with Crippen LogP contribution in [0.4, 0.5) is 0 Å². The molecular weight excluding hydrogens is 459 g/mol. The molecule has 4 rings (SSSR count). The van der Waals surface area contributed by atoms with Crippen LogP contribution in [0.5, 0.6) is 0 Å². The lowest BCUT2D eigenvalue weighted by atomic mass is 10.1. The number of hydrogen-bond donors (Lipinski definition) is 1. The van der Waals surface area contributed by atoms with Crippen LogP contribution >= 0.6 is 23.2 Å². The van der Waals surface area contributed by atoms with Crippen molar-refractivity contribution in [2.75, 3.05) is 13.1 Å². The Morgan fingerprint density at radius 2 is 1.84 bits per heavy atom. The summed E-state index contributed by atoms with van der Waals surface area (Å²) in [5.41, 5.74) is 1.76. The third kappa shape index (κ3) is 4.43. The fraction of sp³-hybridized carbons (Fsp3) is 0.333. The van der Waals surface area contributed by atoms with Gasteiger partial charge in [0.1, 0.15) is 4.90 Å². The van der Waals surface area contributed by atoms with Crippen molar-refractivity contribution < 1.29 is 8.42 Å². The molecule has 0 aliphatic carbocycles. The van der Waals surface area contributed by atoms with Gasteiger partial charge < -0.3 is 0 Å². The normalized spacial score (nSPS) is 15.3. The number of H-pyrrole nitrogens is 1. The number of nitrogens with zero attached hydrogens (tertiary/aromatic N) is 3. The molecule has 0 amide bonds. The van der Waals surface area contributed by atoms with Crippen LogP contribution in [0.1, 0.15) is 36.1 Å². The monoisotopic (exact) mass is 480 g/mol. The van der Waals surface area contributed by atoms with Crippen molar-refractivity contribution in [3.05, 3.63) is 73.7 Å². The first-order valence-electron chi connectivity index (χ1n) is 9.98. The molecule has 0 saturated carbocycles. The zero-order valence-electron chi connectivity index (χ0n) is 16.9. The Morgan fingerprint density at radius 3 is 2.48 bits per heavy atom. The fourth-order valence-electron chi connectivity index (χ4n) is 3.72. The summed E-state index contributed by atoms with van der Waals surface area (Å²) < 4.78 is 28.4. The third-order valence-corrected chi connectivity index (χ3v) is 7.95. The number of nitrogens with one attached hydrogen (secondary N) is 1. The van der Waals surface area contributed by atoms with Crippen LogP contribution in [0.25, 0.3) is 5.82 Å². The summed E-state index contributed by atoms with van der Waals surface area (Å²) in [4.78, 5) is 17.4. The van der Waals surface area contributed by atoms with Gasteiger partial charge in [0.2, 0.25) is 10.0 Å². The smallest absolute Gasteiger partial charge is 0.276 e. The first kappa shape index (κ1) is 22.1. The summed E-state index contributed by atoms with van der Waals surface area (Å²) in [6.45, 7) is 2.85. The van der Waals surface area contributed by atoms with Gasteiger partial charge in [-0.1, -0.05) is 35.7 Å². The second kappa shape index (κ2) is 8.78. The quantitative estimate of drug-likeness (QED) is 0.598. The van der Waals surface area contributed by atoms with Crippen molar-refractivity contribution in [1.82, 2.24) is 19.1 Å². The second-order valence-electron chi connectivity index (χ2n) is 7.59. The van der Waals surface area contributed by atoms with Crippen molar-refractivity contribution >= 4 is 33.2 Å². The lowest BCUT2D eigenvalue weighted by molar-refractivity contribution is 0.346. The molecule has 1 saturated heterocycles. The molecule has 0 atom stereocenters. The van der Waals surface area contributed by atoms with E-state index in [9.17, 15) is 13.2 Å². The molecule has 0 unspecified atom stereocenters. The first-order valence-corrected chi connectivity index (χ1v) is 12.2. The largest absolute Gasteiger partial charge is 0.294 e. The molecule has 164 valence electrons. The van der Waals surface area contributed by atoms with Gasteiger partial charge in [-0.3, -0.25) is 9.89 Å². The van der Waals surface area contributed by atoms with Crippen LogP contribution in [-0.4, -0.2) is 40.6 Å². The van der Waals surface area contributed by atoms with Crippen LogP contribution in [0.15, 0.2) is 46.2 Å². The van der Waals surface area contributed by atoms with Crippen LogP contribution in [0, 0.1) is 6.92 Å². The molecule has 1 fully saturated rings. The summed E-state index contributed by atoms with van der Waals surface area (Å²) in [6, 6.07) is 8.19. The number of halogens is 2. The molecule has 3 heterocycles. The Balaban J connectivity index is 1.62. The molecule has 0 bridgehead atoms. The highest BCUT2D eigenvalue weighted by molar-refractivity contribution is 7.89. The minimum atomic E-state index is -3.58. The minimum absolute atomic E-state index is 0.127. The topological polar surface area (TPSA) is 88.1 Å². The van der Waals surface area contributed by atoms with Gasteiger partial charge in [-0.25, -0.2) is 18.1 Å². The molecule has 1 aliphatic heterocycles. The van der Waals surface area contributed by atoms with Gasteiger partial charge in [0, 0.05) is 47.0 Å². The Labute approximate surface area is 190 Å². The third-order valence-electron chi connectivity index (χ3n) is 5.48. The number of benzene rings is 1.